The molecule has 0 aliphatic heterocycles. The first-order valence-corrected chi connectivity index (χ1v) is 6.27. The number of imidazole rings is 1. The molecule has 0 bridgehead atoms. The maximum Gasteiger partial charge on any atom is 0.143 e. The lowest BCUT2D eigenvalue weighted by Crippen LogP contribution is -2.08. The minimum atomic E-state index is -0.418. The molecule has 2 aromatic rings. The van der Waals surface area contributed by atoms with Crippen LogP contribution in [0.15, 0.2) is 30.6 Å². The van der Waals surface area contributed by atoms with Gasteiger partial charge in [0.2, 0.25) is 0 Å². The third kappa shape index (κ3) is 3.01. The standard InChI is InChI=1S/C13H15ClFN3/c1-2-6-18-7-5-16-13(18)9-17-10-3-4-11(14)12(15)8-10/h3-5,7-8,17H,2,6,9H2,1H3. The molecule has 0 radical (unpaired) electrons. The van der Waals surface area contributed by atoms with Crippen molar-refractivity contribution in [3.05, 3.63) is 47.3 Å². The van der Waals surface area contributed by atoms with Gasteiger partial charge in [-0.15, -0.1) is 0 Å². The Hall–Kier alpha value is -1.55. The second kappa shape index (κ2) is 5.87. The van der Waals surface area contributed by atoms with Gasteiger partial charge in [0, 0.05) is 24.6 Å². The van der Waals surface area contributed by atoms with Crippen LogP contribution in [0.25, 0.3) is 0 Å². The predicted molar refractivity (Wildman–Crippen MR) is 71.3 cm³/mol. The second-order valence-electron chi connectivity index (χ2n) is 4.02. The van der Waals surface area contributed by atoms with E-state index in [0.717, 1.165) is 18.8 Å². The van der Waals surface area contributed by atoms with Gasteiger partial charge in [-0.05, 0) is 24.6 Å². The minimum absolute atomic E-state index is 0.132. The van der Waals surface area contributed by atoms with E-state index in [1.165, 1.54) is 12.1 Å². The summed E-state index contributed by atoms with van der Waals surface area (Å²) < 4.78 is 15.3. The van der Waals surface area contributed by atoms with Crippen LogP contribution in [0, 0.1) is 5.82 Å². The van der Waals surface area contributed by atoms with Crippen LogP contribution in [0.4, 0.5) is 10.1 Å². The van der Waals surface area contributed by atoms with Crippen molar-refractivity contribution in [2.45, 2.75) is 26.4 Å². The van der Waals surface area contributed by atoms with E-state index in [4.69, 9.17) is 11.6 Å². The molecule has 1 aromatic heterocycles. The van der Waals surface area contributed by atoms with Crippen LogP contribution in [0.2, 0.25) is 5.02 Å². The molecule has 0 fully saturated rings. The van der Waals surface area contributed by atoms with Gasteiger partial charge >= 0.3 is 0 Å². The largest absolute Gasteiger partial charge is 0.378 e. The molecule has 0 aliphatic rings. The number of hydrogen-bond acceptors (Lipinski definition) is 2. The highest BCUT2D eigenvalue weighted by atomic mass is 35.5. The van der Waals surface area contributed by atoms with Crippen molar-refractivity contribution in [2.75, 3.05) is 5.32 Å². The average Bonchev–Trinajstić information content (AvgIpc) is 2.79. The third-order valence-corrected chi connectivity index (χ3v) is 2.94. The smallest absolute Gasteiger partial charge is 0.143 e. The summed E-state index contributed by atoms with van der Waals surface area (Å²) in [6, 6.07) is 4.67. The number of hydrogen-bond donors (Lipinski definition) is 1. The highest BCUT2D eigenvalue weighted by molar-refractivity contribution is 6.30. The fourth-order valence-electron chi connectivity index (χ4n) is 1.74. The Morgan fingerprint density at radius 3 is 3.00 bits per heavy atom. The molecular weight excluding hydrogens is 253 g/mol. The van der Waals surface area contributed by atoms with Gasteiger partial charge < -0.3 is 9.88 Å². The molecule has 2 rings (SSSR count). The van der Waals surface area contributed by atoms with Crippen molar-refractivity contribution in [1.29, 1.82) is 0 Å². The quantitative estimate of drug-likeness (QED) is 0.895. The van der Waals surface area contributed by atoms with Crippen LogP contribution < -0.4 is 5.32 Å². The molecule has 0 saturated carbocycles. The Morgan fingerprint density at radius 1 is 1.44 bits per heavy atom. The monoisotopic (exact) mass is 267 g/mol. The minimum Gasteiger partial charge on any atom is -0.378 e. The van der Waals surface area contributed by atoms with Crippen molar-refractivity contribution >= 4 is 17.3 Å². The summed E-state index contributed by atoms with van der Waals surface area (Å²) in [5, 5.41) is 3.26. The van der Waals surface area contributed by atoms with Crippen molar-refractivity contribution < 1.29 is 4.39 Å². The van der Waals surface area contributed by atoms with E-state index < -0.39 is 5.82 Å². The highest BCUT2D eigenvalue weighted by Gasteiger charge is 2.04. The van der Waals surface area contributed by atoms with Gasteiger partial charge in [0.15, 0.2) is 0 Å². The van der Waals surface area contributed by atoms with E-state index in [0.29, 0.717) is 12.2 Å². The number of aryl methyl sites for hydroxylation is 1. The van der Waals surface area contributed by atoms with E-state index >= 15 is 0 Å². The fourth-order valence-corrected chi connectivity index (χ4v) is 1.86. The lowest BCUT2D eigenvalue weighted by Gasteiger charge is -2.09. The summed E-state index contributed by atoms with van der Waals surface area (Å²) in [6.45, 7) is 3.62. The fraction of sp³-hybridized carbons (Fsp3) is 0.308. The Balaban J connectivity index is 2.02. The number of nitrogens with one attached hydrogen (secondary N) is 1. The number of anilines is 1. The molecule has 1 aromatic carbocycles. The Bertz CT molecular complexity index is 525. The molecule has 0 saturated heterocycles. The molecule has 3 nitrogen and oxygen atoms in total. The van der Waals surface area contributed by atoms with Gasteiger partial charge in [-0.2, -0.15) is 0 Å². The van der Waals surface area contributed by atoms with Crippen LogP contribution in [-0.2, 0) is 13.1 Å². The van der Waals surface area contributed by atoms with Crippen LogP contribution in [-0.4, -0.2) is 9.55 Å². The van der Waals surface area contributed by atoms with E-state index in [1.807, 2.05) is 6.20 Å². The van der Waals surface area contributed by atoms with Crippen LogP contribution in [0.5, 0.6) is 0 Å². The molecule has 0 aliphatic carbocycles. The zero-order chi connectivity index (χ0) is 13.0. The Morgan fingerprint density at radius 2 is 2.28 bits per heavy atom. The molecule has 5 heteroatoms. The van der Waals surface area contributed by atoms with Crippen LogP contribution in [0.3, 0.4) is 0 Å². The molecular formula is C13H15ClFN3. The summed E-state index contributed by atoms with van der Waals surface area (Å²) in [6.07, 6.45) is 4.77. The molecule has 0 atom stereocenters. The van der Waals surface area contributed by atoms with Gasteiger partial charge in [-0.1, -0.05) is 18.5 Å². The molecule has 1 N–H and O–H groups in total. The summed E-state index contributed by atoms with van der Waals surface area (Å²) in [5.74, 6) is 0.519. The molecule has 96 valence electrons. The topological polar surface area (TPSA) is 29.9 Å². The maximum atomic E-state index is 13.3. The number of rotatable bonds is 5. The number of nitrogens with zero attached hydrogens (tertiary/aromatic N) is 2. The third-order valence-electron chi connectivity index (χ3n) is 2.64. The summed E-state index contributed by atoms with van der Waals surface area (Å²) in [5.41, 5.74) is 0.697. The highest BCUT2D eigenvalue weighted by Crippen LogP contribution is 2.19. The summed E-state index contributed by atoms with van der Waals surface area (Å²) >= 11 is 5.63. The van der Waals surface area contributed by atoms with Gasteiger partial charge in [0.1, 0.15) is 11.6 Å². The van der Waals surface area contributed by atoms with Gasteiger partial charge in [-0.25, -0.2) is 9.37 Å². The number of benzene rings is 1. The SMILES string of the molecule is CCCn1ccnc1CNc1ccc(Cl)c(F)c1. The predicted octanol–water partition coefficient (Wildman–Crippen LogP) is 3.70. The molecule has 0 amide bonds. The summed E-state index contributed by atoms with van der Waals surface area (Å²) in [4.78, 5) is 4.27. The van der Waals surface area contributed by atoms with E-state index in [1.54, 1.807) is 12.3 Å². The second-order valence-corrected chi connectivity index (χ2v) is 4.43. The van der Waals surface area contributed by atoms with Crippen LogP contribution in [0.1, 0.15) is 19.2 Å². The van der Waals surface area contributed by atoms with Crippen molar-refractivity contribution in [2.24, 2.45) is 0 Å². The molecule has 0 unspecified atom stereocenters. The number of halogens is 2. The first kappa shape index (κ1) is 12.9. The van der Waals surface area contributed by atoms with Gasteiger partial charge in [-0.3, -0.25) is 0 Å². The normalized spacial score (nSPS) is 10.6. The molecule has 0 spiro atoms. The van der Waals surface area contributed by atoms with Crippen molar-refractivity contribution in [3.8, 4) is 0 Å². The van der Waals surface area contributed by atoms with Crippen molar-refractivity contribution in [3.63, 3.8) is 0 Å². The van der Waals surface area contributed by atoms with E-state index in [-0.39, 0.29) is 5.02 Å². The summed E-state index contributed by atoms with van der Waals surface area (Å²) in [7, 11) is 0. The first-order chi connectivity index (χ1) is 8.70. The maximum absolute atomic E-state index is 13.3. The van der Waals surface area contributed by atoms with E-state index in [2.05, 4.69) is 21.8 Å². The Kier molecular flexibility index (Phi) is 4.20. The van der Waals surface area contributed by atoms with Gasteiger partial charge in [0.25, 0.3) is 0 Å². The lowest BCUT2D eigenvalue weighted by molar-refractivity contribution is 0.628. The van der Waals surface area contributed by atoms with Gasteiger partial charge in [0.05, 0.1) is 11.6 Å². The van der Waals surface area contributed by atoms with Crippen molar-refractivity contribution in [1.82, 2.24) is 9.55 Å². The zero-order valence-corrected chi connectivity index (χ0v) is 10.9. The van der Waals surface area contributed by atoms with E-state index in [9.17, 15) is 4.39 Å². The molecule has 1 heterocycles. The lowest BCUT2D eigenvalue weighted by atomic mass is 10.3. The zero-order valence-electron chi connectivity index (χ0n) is 10.2. The first-order valence-electron chi connectivity index (χ1n) is 5.89. The average molecular weight is 268 g/mol. The Labute approximate surface area is 111 Å². The molecule has 18 heavy (non-hydrogen) atoms. The number of aromatic nitrogens is 2. The van der Waals surface area contributed by atoms with Crippen LogP contribution >= 0.6 is 11.6 Å².